The maximum Gasteiger partial charge on any atom is 0.119 e. The summed E-state index contributed by atoms with van der Waals surface area (Å²) in [4.78, 5) is 6.80. The first kappa shape index (κ1) is 9.46. The van der Waals surface area contributed by atoms with Crippen molar-refractivity contribution in [3.63, 3.8) is 0 Å². The molecule has 0 saturated carbocycles. The van der Waals surface area contributed by atoms with E-state index in [1.54, 1.807) is 7.11 Å². The van der Waals surface area contributed by atoms with E-state index in [-0.39, 0.29) is 0 Å². The summed E-state index contributed by atoms with van der Waals surface area (Å²) in [5.74, 6) is 0.882. The molecule has 16 heavy (non-hydrogen) atoms. The minimum absolute atomic E-state index is 0.882. The third-order valence-corrected chi connectivity index (χ3v) is 3.08. The minimum Gasteiger partial charge on any atom is -0.497 e. The van der Waals surface area contributed by atoms with E-state index in [9.17, 15) is 0 Å². The van der Waals surface area contributed by atoms with E-state index in [4.69, 9.17) is 4.74 Å². The number of ether oxygens (including phenoxy) is 1. The summed E-state index contributed by atoms with van der Waals surface area (Å²) in [6, 6.07) is 5.99. The Morgan fingerprint density at radius 1 is 1.38 bits per heavy atom. The van der Waals surface area contributed by atoms with Crippen LogP contribution in [0.25, 0.3) is 6.20 Å². The molecule has 3 heteroatoms. The van der Waals surface area contributed by atoms with E-state index >= 15 is 0 Å². The summed E-state index contributed by atoms with van der Waals surface area (Å²) in [6.07, 6.45) is 6.51. The number of hydrogen-bond acceptors (Lipinski definition) is 3. The van der Waals surface area contributed by atoms with Crippen LogP contribution in [0, 0.1) is 0 Å². The predicted molar refractivity (Wildman–Crippen MR) is 62.3 cm³/mol. The molecule has 1 fully saturated rings. The zero-order valence-electron chi connectivity index (χ0n) is 9.31. The Bertz CT molecular complexity index is 560. The molecule has 1 saturated heterocycles. The Labute approximate surface area is 94.4 Å². The second-order valence-corrected chi connectivity index (χ2v) is 4.10. The van der Waals surface area contributed by atoms with Gasteiger partial charge in [0, 0.05) is 29.9 Å². The van der Waals surface area contributed by atoms with Crippen molar-refractivity contribution in [1.82, 2.24) is 4.90 Å². The molecule has 1 aromatic carbocycles. The summed E-state index contributed by atoms with van der Waals surface area (Å²) in [5, 5.41) is 2.15. The molecule has 1 aromatic rings. The quantitative estimate of drug-likeness (QED) is 0.697. The van der Waals surface area contributed by atoms with Crippen LogP contribution < -0.4 is 15.3 Å². The van der Waals surface area contributed by atoms with Gasteiger partial charge in [0.15, 0.2) is 0 Å². The fraction of sp³-hybridized carbons (Fsp3) is 0.308. The van der Waals surface area contributed by atoms with Crippen molar-refractivity contribution in [1.29, 1.82) is 0 Å². The molecular weight excluding hydrogens is 200 g/mol. The van der Waals surface area contributed by atoms with E-state index in [0.717, 1.165) is 29.3 Å². The van der Waals surface area contributed by atoms with Gasteiger partial charge in [-0.25, -0.2) is 0 Å². The smallest absolute Gasteiger partial charge is 0.119 e. The van der Waals surface area contributed by atoms with E-state index in [1.165, 1.54) is 12.1 Å². The standard InChI is InChI=1S/C13H14N2O/c1-16-12-4-5-13-10(7-12)9-15-6-2-3-11(15)8-14-13/h4-5,7-9H,2-3,6H2,1H3. The highest BCUT2D eigenvalue weighted by Crippen LogP contribution is 2.21. The van der Waals surface area contributed by atoms with Crippen molar-refractivity contribution >= 4 is 6.20 Å². The molecule has 0 N–H and O–H groups in total. The van der Waals surface area contributed by atoms with Crippen molar-refractivity contribution < 1.29 is 4.74 Å². The van der Waals surface area contributed by atoms with Crippen molar-refractivity contribution in [2.75, 3.05) is 13.7 Å². The van der Waals surface area contributed by atoms with Gasteiger partial charge in [-0.15, -0.1) is 0 Å². The molecule has 2 heterocycles. The Balaban J connectivity index is 2.19. The van der Waals surface area contributed by atoms with E-state index in [1.807, 2.05) is 24.4 Å². The second-order valence-electron chi connectivity index (χ2n) is 4.10. The molecule has 0 radical (unpaired) electrons. The highest BCUT2D eigenvalue weighted by molar-refractivity contribution is 5.35. The topological polar surface area (TPSA) is 24.8 Å². The maximum atomic E-state index is 5.24. The molecule has 0 spiro atoms. The van der Waals surface area contributed by atoms with Gasteiger partial charge in [0.2, 0.25) is 0 Å². The van der Waals surface area contributed by atoms with Crippen molar-refractivity contribution in [2.24, 2.45) is 4.99 Å². The van der Waals surface area contributed by atoms with Crippen LogP contribution in [-0.4, -0.2) is 18.6 Å². The summed E-state index contributed by atoms with van der Waals surface area (Å²) in [7, 11) is 1.69. The van der Waals surface area contributed by atoms with Gasteiger partial charge in [-0.2, -0.15) is 0 Å². The van der Waals surface area contributed by atoms with Gasteiger partial charge >= 0.3 is 0 Å². The van der Waals surface area contributed by atoms with Crippen LogP contribution >= 0.6 is 0 Å². The molecular formula is C13H14N2O. The fourth-order valence-corrected chi connectivity index (χ4v) is 2.20. The maximum absolute atomic E-state index is 5.24. The van der Waals surface area contributed by atoms with Gasteiger partial charge in [0.25, 0.3) is 0 Å². The van der Waals surface area contributed by atoms with Crippen molar-refractivity contribution in [3.8, 4) is 5.75 Å². The highest BCUT2D eigenvalue weighted by atomic mass is 16.5. The lowest BCUT2D eigenvalue weighted by Gasteiger charge is -2.12. The van der Waals surface area contributed by atoms with Crippen LogP contribution in [0.3, 0.4) is 0 Å². The van der Waals surface area contributed by atoms with Crippen molar-refractivity contribution in [3.05, 3.63) is 40.7 Å². The Morgan fingerprint density at radius 3 is 3.19 bits per heavy atom. The second kappa shape index (κ2) is 3.67. The number of benzene rings is 1. The summed E-state index contributed by atoms with van der Waals surface area (Å²) < 4.78 is 5.24. The van der Waals surface area contributed by atoms with Gasteiger partial charge in [-0.1, -0.05) is 0 Å². The molecule has 3 nitrogen and oxygen atoms in total. The summed E-state index contributed by atoms with van der Waals surface area (Å²) >= 11 is 0. The Hall–Kier alpha value is -1.77. The average Bonchev–Trinajstić information content (AvgIpc) is 2.68. The van der Waals surface area contributed by atoms with E-state index in [0.29, 0.717) is 0 Å². The summed E-state index contributed by atoms with van der Waals surface area (Å²) in [6.45, 7) is 1.10. The molecule has 0 aromatic heterocycles. The number of rotatable bonds is 1. The lowest BCUT2D eigenvalue weighted by Crippen LogP contribution is -2.26. The fourth-order valence-electron chi connectivity index (χ4n) is 2.20. The van der Waals surface area contributed by atoms with Gasteiger partial charge in [-0.05, 0) is 31.0 Å². The SMILES string of the molecule is COc1ccc2c(c1)=CN1CCCC1=CN=2. The zero-order chi connectivity index (χ0) is 11.0. The third-order valence-electron chi connectivity index (χ3n) is 3.08. The molecule has 0 unspecified atom stereocenters. The predicted octanol–water partition coefficient (Wildman–Crippen LogP) is 1.00. The van der Waals surface area contributed by atoms with Crippen LogP contribution in [0.5, 0.6) is 5.75 Å². The molecule has 2 aliphatic rings. The van der Waals surface area contributed by atoms with Gasteiger partial charge < -0.3 is 9.64 Å². The number of allylic oxidation sites excluding steroid dienone is 1. The third kappa shape index (κ3) is 1.48. The van der Waals surface area contributed by atoms with Crippen LogP contribution in [0.2, 0.25) is 0 Å². The Kier molecular flexibility index (Phi) is 2.17. The van der Waals surface area contributed by atoms with Crippen LogP contribution in [-0.2, 0) is 0 Å². The monoisotopic (exact) mass is 214 g/mol. The largest absolute Gasteiger partial charge is 0.497 e. The van der Waals surface area contributed by atoms with E-state index < -0.39 is 0 Å². The average molecular weight is 214 g/mol. The number of fused-ring (bicyclic) bond motifs is 2. The van der Waals surface area contributed by atoms with Gasteiger partial charge in [0.05, 0.1) is 12.5 Å². The first-order valence-corrected chi connectivity index (χ1v) is 5.56. The minimum atomic E-state index is 0.882. The normalized spacial score (nSPS) is 17.6. The van der Waals surface area contributed by atoms with Gasteiger partial charge in [0.1, 0.15) is 5.75 Å². The number of nitrogens with zero attached hydrogens (tertiary/aromatic N) is 2. The molecule has 3 rings (SSSR count). The van der Waals surface area contributed by atoms with Crippen LogP contribution in [0.15, 0.2) is 35.1 Å². The Morgan fingerprint density at radius 2 is 2.31 bits per heavy atom. The molecule has 0 amide bonds. The molecule has 0 atom stereocenters. The highest BCUT2D eigenvalue weighted by Gasteiger charge is 2.15. The van der Waals surface area contributed by atoms with E-state index in [2.05, 4.69) is 16.1 Å². The van der Waals surface area contributed by atoms with Gasteiger partial charge in [-0.3, -0.25) is 4.99 Å². The lowest BCUT2D eigenvalue weighted by molar-refractivity contribution is 0.414. The zero-order valence-corrected chi connectivity index (χ0v) is 9.31. The molecule has 0 bridgehead atoms. The van der Waals surface area contributed by atoms with Crippen LogP contribution in [0.4, 0.5) is 0 Å². The lowest BCUT2D eigenvalue weighted by atomic mass is 10.2. The van der Waals surface area contributed by atoms with Crippen molar-refractivity contribution in [2.45, 2.75) is 12.8 Å². The van der Waals surface area contributed by atoms with Crippen LogP contribution in [0.1, 0.15) is 12.8 Å². The molecule has 82 valence electrons. The molecule has 2 aliphatic heterocycles. The number of methoxy groups -OCH3 is 1. The first-order chi connectivity index (χ1) is 7.86. The first-order valence-electron chi connectivity index (χ1n) is 5.56. The summed E-state index contributed by atoms with van der Waals surface area (Å²) in [5.41, 5.74) is 1.31. The number of hydrogen-bond donors (Lipinski definition) is 0. The molecule has 0 aliphatic carbocycles.